The highest BCUT2D eigenvalue weighted by molar-refractivity contribution is 5.90. The number of hydrogen-bond donors (Lipinski definition) is 1. The summed E-state index contributed by atoms with van der Waals surface area (Å²) < 4.78 is 4.60. The smallest absolute Gasteiger partial charge is 0.338 e. The van der Waals surface area contributed by atoms with Crippen LogP contribution in [0, 0.1) is 0 Å². The molecule has 1 N–H and O–H groups in total. The van der Waals surface area contributed by atoms with Crippen molar-refractivity contribution in [3.05, 3.63) is 23.9 Å². The molecular weight excluding hydrogens is 234 g/mol. The summed E-state index contributed by atoms with van der Waals surface area (Å²) in [6, 6.07) is 3.10. The quantitative estimate of drug-likeness (QED) is 0.782. The Morgan fingerprint density at radius 1 is 1.50 bits per heavy atom. The van der Waals surface area contributed by atoms with Crippen LogP contribution >= 0.6 is 0 Å². The minimum atomic E-state index is -0.433. The van der Waals surface area contributed by atoms with Gasteiger partial charge in [0.05, 0.1) is 19.2 Å². The van der Waals surface area contributed by atoms with Gasteiger partial charge in [-0.15, -0.1) is 0 Å². The number of anilines is 1. The lowest BCUT2D eigenvalue weighted by Crippen LogP contribution is -2.32. The summed E-state index contributed by atoms with van der Waals surface area (Å²) in [5.41, 5.74) is 0.395. The van der Waals surface area contributed by atoms with E-state index in [1.165, 1.54) is 13.3 Å². The van der Waals surface area contributed by atoms with Gasteiger partial charge < -0.3 is 15.0 Å². The minimum Gasteiger partial charge on any atom is -0.465 e. The van der Waals surface area contributed by atoms with Gasteiger partial charge in [0.1, 0.15) is 5.82 Å². The highest BCUT2D eigenvalue weighted by Gasteiger charge is 2.09. The number of aromatic nitrogens is 1. The summed E-state index contributed by atoms with van der Waals surface area (Å²) in [5.74, 6) is -0.00373. The van der Waals surface area contributed by atoms with Crippen LogP contribution in [0.25, 0.3) is 0 Å². The number of pyridine rings is 1. The maximum absolute atomic E-state index is 11.6. The van der Waals surface area contributed by atoms with Gasteiger partial charge in [-0.2, -0.15) is 0 Å². The molecule has 6 nitrogen and oxygen atoms in total. The van der Waals surface area contributed by atoms with Gasteiger partial charge in [0.15, 0.2) is 0 Å². The van der Waals surface area contributed by atoms with E-state index in [9.17, 15) is 9.59 Å². The van der Waals surface area contributed by atoms with Gasteiger partial charge in [-0.25, -0.2) is 9.78 Å². The standard InChI is InChI=1S/C12H17N3O3/c1-4-15(2)11(16)8-14-10-7-9(5-6-13-10)12(17)18-3/h5-7H,4,8H2,1-3H3,(H,13,14). The number of likely N-dealkylation sites (N-methyl/N-ethyl adjacent to an activating group) is 1. The Bertz CT molecular complexity index is 434. The van der Waals surface area contributed by atoms with Gasteiger partial charge in [0, 0.05) is 19.8 Å². The molecule has 0 fully saturated rings. The van der Waals surface area contributed by atoms with Gasteiger partial charge in [-0.05, 0) is 19.1 Å². The van der Waals surface area contributed by atoms with E-state index in [1.54, 1.807) is 24.1 Å². The molecule has 6 heteroatoms. The second-order valence-corrected chi connectivity index (χ2v) is 3.68. The lowest BCUT2D eigenvalue weighted by molar-refractivity contribution is -0.127. The fourth-order valence-corrected chi connectivity index (χ4v) is 1.25. The van der Waals surface area contributed by atoms with Crippen LogP contribution in [0.3, 0.4) is 0 Å². The second kappa shape index (κ2) is 6.58. The number of ether oxygens (including phenoxy) is 1. The van der Waals surface area contributed by atoms with Crippen LogP contribution < -0.4 is 5.32 Å². The maximum atomic E-state index is 11.6. The Balaban J connectivity index is 2.63. The van der Waals surface area contributed by atoms with Crippen LogP contribution in [-0.2, 0) is 9.53 Å². The Labute approximate surface area is 106 Å². The predicted molar refractivity (Wildman–Crippen MR) is 67.4 cm³/mol. The number of nitrogens with one attached hydrogen (secondary N) is 1. The van der Waals surface area contributed by atoms with Crippen LogP contribution in [0.1, 0.15) is 17.3 Å². The van der Waals surface area contributed by atoms with Crippen LogP contribution in [0.4, 0.5) is 5.82 Å². The Kier molecular flexibility index (Phi) is 5.10. The van der Waals surface area contributed by atoms with Crippen LogP contribution in [0.5, 0.6) is 0 Å². The van der Waals surface area contributed by atoms with Crippen molar-refractivity contribution in [1.82, 2.24) is 9.88 Å². The van der Waals surface area contributed by atoms with E-state index in [0.717, 1.165) is 0 Å². The maximum Gasteiger partial charge on any atom is 0.338 e. The number of hydrogen-bond acceptors (Lipinski definition) is 5. The van der Waals surface area contributed by atoms with Gasteiger partial charge in [0.2, 0.25) is 5.91 Å². The molecule has 0 bridgehead atoms. The average molecular weight is 251 g/mol. The third-order valence-electron chi connectivity index (χ3n) is 2.50. The highest BCUT2D eigenvalue weighted by atomic mass is 16.5. The van der Waals surface area contributed by atoms with Crippen molar-refractivity contribution < 1.29 is 14.3 Å². The zero-order valence-electron chi connectivity index (χ0n) is 10.8. The van der Waals surface area contributed by atoms with Crippen molar-refractivity contribution in [3.63, 3.8) is 0 Å². The van der Waals surface area contributed by atoms with E-state index < -0.39 is 5.97 Å². The first-order chi connectivity index (χ1) is 8.58. The van der Waals surface area contributed by atoms with Gasteiger partial charge in [-0.3, -0.25) is 4.79 Å². The molecule has 0 aliphatic carbocycles. The summed E-state index contributed by atoms with van der Waals surface area (Å²) in [7, 11) is 3.04. The van der Waals surface area contributed by atoms with E-state index in [4.69, 9.17) is 0 Å². The number of methoxy groups -OCH3 is 1. The SMILES string of the molecule is CCN(C)C(=O)CNc1cc(C(=O)OC)ccn1. The first-order valence-electron chi connectivity index (χ1n) is 5.60. The van der Waals surface area contributed by atoms with Crippen LogP contribution in [0.15, 0.2) is 18.3 Å². The molecule has 0 aliphatic rings. The number of carbonyl (C=O) groups excluding carboxylic acids is 2. The van der Waals surface area contributed by atoms with Crippen LogP contribution in [-0.4, -0.2) is 49.0 Å². The van der Waals surface area contributed by atoms with Gasteiger partial charge in [-0.1, -0.05) is 0 Å². The molecule has 0 radical (unpaired) electrons. The number of esters is 1. The molecule has 18 heavy (non-hydrogen) atoms. The number of rotatable bonds is 5. The fraction of sp³-hybridized carbons (Fsp3) is 0.417. The van der Waals surface area contributed by atoms with Gasteiger partial charge in [0.25, 0.3) is 0 Å². The summed E-state index contributed by atoms with van der Waals surface area (Å²) in [6.45, 7) is 2.69. The number of nitrogens with zero attached hydrogens (tertiary/aromatic N) is 2. The molecule has 1 aromatic rings. The van der Waals surface area contributed by atoms with E-state index in [0.29, 0.717) is 17.9 Å². The molecular formula is C12H17N3O3. The first-order valence-corrected chi connectivity index (χ1v) is 5.60. The van der Waals surface area contributed by atoms with Crippen molar-refractivity contribution >= 4 is 17.7 Å². The highest BCUT2D eigenvalue weighted by Crippen LogP contribution is 2.07. The Morgan fingerprint density at radius 3 is 2.83 bits per heavy atom. The number of amides is 1. The minimum absolute atomic E-state index is 0.0391. The summed E-state index contributed by atoms with van der Waals surface area (Å²) in [4.78, 5) is 28.5. The first kappa shape index (κ1) is 14.0. The monoisotopic (exact) mass is 251 g/mol. The zero-order chi connectivity index (χ0) is 13.5. The largest absolute Gasteiger partial charge is 0.465 e. The molecule has 1 heterocycles. The topological polar surface area (TPSA) is 71.5 Å². The third-order valence-corrected chi connectivity index (χ3v) is 2.50. The molecule has 0 spiro atoms. The van der Waals surface area contributed by atoms with Crippen molar-refractivity contribution in [3.8, 4) is 0 Å². The summed E-state index contributed by atoms with van der Waals surface area (Å²) >= 11 is 0. The lowest BCUT2D eigenvalue weighted by atomic mass is 10.2. The fourth-order valence-electron chi connectivity index (χ4n) is 1.25. The molecule has 0 saturated heterocycles. The molecule has 0 unspecified atom stereocenters. The lowest BCUT2D eigenvalue weighted by Gasteiger charge is -2.15. The molecule has 1 rings (SSSR count). The van der Waals surface area contributed by atoms with E-state index in [1.807, 2.05) is 6.92 Å². The Morgan fingerprint density at radius 2 is 2.22 bits per heavy atom. The van der Waals surface area contributed by atoms with E-state index >= 15 is 0 Å². The molecule has 1 amide bonds. The second-order valence-electron chi connectivity index (χ2n) is 3.68. The molecule has 0 saturated carbocycles. The third kappa shape index (κ3) is 3.73. The molecule has 0 aromatic carbocycles. The number of carbonyl (C=O) groups is 2. The van der Waals surface area contributed by atoms with Crippen molar-refractivity contribution in [2.75, 3.05) is 32.6 Å². The molecule has 0 atom stereocenters. The zero-order valence-corrected chi connectivity index (χ0v) is 10.8. The predicted octanol–water partition coefficient (Wildman–Crippen LogP) is 0.758. The summed E-state index contributed by atoms with van der Waals surface area (Å²) in [5, 5.41) is 2.87. The average Bonchev–Trinajstić information content (AvgIpc) is 2.43. The molecule has 0 aliphatic heterocycles. The van der Waals surface area contributed by atoms with Crippen molar-refractivity contribution in [2.24, 2.45) is 0 Å². The Hall–Kier alpha value is -2.11. The van der Waals surface area contributed by atoms with Gasteiger partial charge >= 0.3 is 5.97 Å². The van der Waals surface area contributed by atoms with Crippen molar-refractivity contribution in [1.29, 1.82) is 0 Å². The van der Waals surface area contributed by atoms with Crippen molar-refractivity contribution in [2.45, 2.75) is 6.92 Å². The van der Waals surface area contributed by atoms with Crippen LogP contribution in [0.2, 0.25) is 0 Å². The summed E-state index contributed by atoms with van der Waals surface area (Å²) in [6.07, 6.45) is 1.49. The van der Waals surface area contributed by atoms with E-state index in [-0.39, 0.29) is 12.5 Å². The normalized spacial score (nSPS) is 9.72. The molecule has 98 valence electrons. The molecule has 1 aromatic heterocycles. The van der Waals surface area contributed by atoms with E-state index in [2.05, 4.69) is 15.0 Å².